The van der Waals surface area contributed by atoms with Gasteiger partial charge in [0.1, 0.15) is 6.04 Å². The molecular formula is C14H16ClNO3. The summed E-state index contributed by atoms with van der Waals surface area (Å²) in [7, 11) is 1.29. The smallest absolute Gasteiger partial charge is 0.328 e. The van der Waals surface area contributed by atoms with Crippen LogP contribution in [0.25, 0.3) is 0 Å². The Morgan fingerprint density at radius 1 is 1.42 bits per heavy atom. The molecule has 1 aromatic rings. The third-order valence-electron chi connectivity index (χ3n) is 2.56. The zero-order chi connectivity index (χ0) is 14.3. The molecular weight excluding hydrogens is 266 g/mol. The fourth-order valence-electron chi connectivity index (χ4n) is 1.52. The highest BCUT2D eigenvalue weighted by Gasteiger charge is 2.21. The Morgan fingerprint density at radius 3 is 2.58 bits per heavy atom. The average Bonchev–Trinajstić information content (AvgIpc) is 2.43. The Morgan fingerprint density at radius 2 is 2.05 bits per heavy atom. The first-order chi connectivity index (χ1) is 9.08. The lowest BCUT2D eigenvalue weighted by molar-refractivity contribution is -0.143. The van der Waals surface area contributed by atoms with Crippen molar-refractivity contribution < 1.29 is 14.3 Å². The highest BCUT2D eigenvalue weighted by atomic mass is 35.5. The van der Waals surface area contributed by atoms with Crippen LogP contribution in [0.3, 0.4) is 0 Å². The fourth-order valence-corrected chi connectivity index (χ4v) is 1.64. The Kier molecular flexibility index (Phi) is 6.09. The quantitative estimate of drug-likeness (QED) is 0.644. The summed E-state index contributed by atoms with van der Waals surface area (Å²) in [4.78, 5) is 23.5. The number of carbonyl (C=O) groups is 2. The summed E-state index contributed by atoms with van der Waals surface area (Å²) >= 11 is 5.75. The molecule has 1 N–H and O–H groups in total. The highest BCUT2D eigenvalue weighted by molar-refractivity contribution is 6.30. The third kappa shape index (κ3) is 4.75. The van der Waals surface area contributed by atoms with Crippen LogP contribution in [0, 0.1) is 0 Å². The molecule has 102 valence electrons. The summed E-state index contributed by atoms with van der Waals surface area (Å²) in [6.07, 6.45) is 2.75. The monoisotopic (exact) mass is 281 g/mol. The predicted octanol–water partition coefficient (Wildman–Crippen LogP) is 2.58. The van der Waals surface area contributed by atoms with Crippen LogP contribution in [0.1, 0.15) is 23.2 Å². The number of carbonyl (C=O) groups excluding carboxylic acids is 2. The van der Waals surface area contributed by atoms with E-state index >= 15 is 0 Å². The summed E-state index contributed by atoms with van der Waals surface area (Å²) in [5.41, 5.74) is 0.442. The molecule has 19 heavy (non-hydrogen) atoms. The van der Waals surface area contributed by atoms with E-state index in [9.17, 15) is 9.59 Å². The standard InChI is InChI=1S/C14H16ClNO3/c1-3-4-5-12(14(18)19-2)16-13(17)10-6-8-11(15)9-7-10/h3,6-9,12H,1,4-5H2,2H3,(H,16,17)/t12-/m0/s1. The first kappa shape index (κ1) is 15.2. The SMILES string of the molecule is C=CCC[C@H](NC(=O)c1ccc(Cl)cc1)C(=O)OC. The van der Waals surface area contributed by atoms with Gasteiger partial charge in [-0.3, -0.25) is 4.79 Å². The van der Waals surface area contributed by atoms with Gasteiger partial charge in [-0.1, -0.05) is 17.7 Å². The van der Waals surface area contributed by atoms with E-state index in [0.29, 0.717) is 23.4 Å². The van der Waals surface area contributed by atoms with Crippen molar-refractivity contribution in [2.75, 3.05) is 7.11 Å². The molecule has 0 heterocycles. The molecule has 5 heteroatoms. The van der Waals surface area contributed by atoms with Gasteiger partial charge in [-0.2, -0.15) is 0 Å². The van der Waals surface area contributed by atoms with E-state index in [1.807, 2.05) is 0 Å². The molecule has 0 aliphatic rings. The van der Waals surface area contributed by atoms with Crippen molar-refractivity contribution in [1.82, 2.24) is 5.32 Å². The number of amides is 1. The van der Waals surface area contributed by atoms with Gasteiger partial charge in [0.2, 0.25) is 0 Å². The fraction of sp³-hybridized carbons (Fsp3) is 0.286. The lowest BCUT2D eigenvalue weighted by atomic mass is 10.1. The van der Waals surface area contributed by atoms with Gasteiger partial charge in [0, 0.05) is 10.6 Å². The molecule has 0 saturated carbocycles. The predicted molar refractivity (Wildman–Crippen MR) is 74.2 cm³/mol. The summed E-state index contributed by atoms with van der Waals surface area (Å²) < 4.78 is 4.66. The zero-order valence-corrected chi connectivity index (χ0v) is 11.4. The van der Waals surface area contributed by atoms with Crippen LogP contribution < -0.4 is 5.32 Å². The van der Waals surface area contributed by atoms with Crippen LogP contribution in [0.15, 0.2) is 36.9 Å². The largest absolute Gasteiger partial charge is 0.467 e. The van der Waals surface area contributed by atoms with Gasteiger partial charge in [0.25, 0.3) is 5.91 Å². The maximum absolute atomic E-state index is 12.0. The number of halogens is 1. The van der Waals surface area contributed by atoms with E-state index in [0.717, 1.165) is 0 Å². The molecule has 0 aliphatic heterocycles. The van der Waals surface area contributed by atoms with Crippen molar-refractivity contribution in [2.24, 2.45) is 0 Å². The third-order valence-corrected chi connectivity index (χ3v) is 2.81. The van der Waals surface area contributed by atoms with Gasteiger partial charge < -0.3 is 10.1 Å². The Balaban J connectivity index is 2.72. The van der Waals surface area contributed by atoms with Gasteiger partial charge in [0.05, 0.1) is 7.11 Å². The van der Waals surface area contributed by atoms with Crippen molar-refractivity contribution >= 4 is 23.5 Å². The second kappa shape index (κ2) is 7.59. The number of nitrogens with one attached hydrogen (secondary N) is 1. The lowest BCUT2D eigenvalue weighted by Gasteiger charge is -2.15. The number of methoxy groups -OCH3 is 1. The molecule has 0 aliphatic carbocycles. The summed E-state index contributed by atoms with van der Waals surface area (Å²) in [5, 5.41) is 3.18. The summed E-state index contributed by atoms with van der Waals surface area (Å²) in [6, 6.07) is 5.76. The van der Waals surface area contributed by atoms with E-state index < -0.39 is 12.0 Å². The Labute approximate surface area is 117 Å². The minimum Gasteiger partial charge on any atom is -0.467 e. The molecule has 4 nitrogen and oxygen atoms in total. The number of allylic oxidation sites excluding steroid dienone is 1. The topological polar surface area (TPSA) is 55.4 Å². The van der Waals surface area contributed by atoms with Gasteiger partial charge in [-0.05, 0) is 37.1 Å². The Bertz CT molecular complexity index is 456. The Hall–Kier alpha value is -1.81. The van der Waals surface area contributed by atoms with Crippen molar-refractivity contribution in [3.8, 4) is 0 Å². The van der Waals surface area contributed by atoms with Crippen LogP contribution >= 0.6 is 11.6 Å². The van der Waals surface area contributed by atoms with E-state index in [1.165, 1.54) is 7.11 Å². The van der Waals surface area contributed by atoms with Gasteiger partial charge in [0.15, 0.2) is 0 Å². The molecule has 0 spiro atoms. The number of hydrogen-bond acceptors (Lipinski definition) is 3. The van der Waals surface area contributed by atoms with Gasteiger partial charge in [-0.15, -0.1) is 6.58 Å². The van der Waals surface area contributed by atoms with E-state index in [1.54, 1.807) is 30.3 Å². The lowest BCUT2D eigenvalue weighted by Crippen LogP contribution is -2.41. The first-order valence-electron chi connectivity index (χ1n) is 5.83. The van der Waals surface area contributed by atoms with Crippen molar-refractivity contribution in [3.05, 3.63) is 47.5 Å². The first-order valence-corrected chi connectivity index (χ1v) is 6.21. The minimum absolute atomic E-state index is 0.337. The number of esters is 1. The maximum atomic E-state index is 12.0. The summed E-state index contributed by atoms with van der Waals surface area (Å²) in [6.45, 7) is 3.59. The van der Waals surface area contributed by atoms with Gasteiger partial charge in [-0.25, -0.2) is 4.79 Å². The van der Waals surface area contributed by atoms with Crippen LogP contribution in [0.2, 0.25) is 5.02 Å². The normalized spacial score (nSPS) is 11.5. The zero-order valence-electron chi connectivity index (χ0n) is 10.7. The second-order valence-electron chi connectivity index (χ2n) is 3.92. The molecule has 0 fully saturated rings. The van der Waals surface area contributed by atoms with E-state index in [-0.39, 0.29) is 5.91 Å². The molecule has 0 bridgehead atoms. The number of ether oxygens (including phenoxy) is 1. The molecule has 0 unspecified atom stereocenters. The summed E-state index contributed by atoms with van der Waals surface area (Å²) in [5.74, 6) is -0.805. The van der Waals surface area contributed by atoms with Crippen LogP contribution in [-0.2, 0) is 9.53 Å². The molecule has 1 aromatic carbocycles. The second-order valence-corrected chi connectivity index (χ2v) is 4.36. The van der Waals surface area contributed by atoms with Crippen molar-refractivity contribution in [3.63, 3.8) is 0 Å². The van der Waals surface area contributed by atoms with Crippen LogP contribution in [0.5, 0.6) is 0 Å². The van der Waals surface area contributed by atoms with Crippen molar-refractivity contribution in [1.29, 1.82) is 0 Å². The molecule has 1 atom stereocenters. The molecule has 0 aromatic heterocycles. The maximum Gasteiger partial charge on any atom is 0.328 e. The van der Waals surface area contributed by atoms with Crippen molar-refractivity contribution in [2.45, 2.75) is 18.9 Å². The molecule has 0 saturated heterocycles. The van der Waals surface area contributed by atoms with Crippen LogP contribution in [0.4, 0.5) is 0 Å². The minimum atomic E-state index is -0.675. The highest BCUT2D eigenvalue weighted by Crippen LogP contribution is 2.10. The van der Waals surface area contributed by atoms with Crippen LogP contribution in [-0.4, -0.2) is 25.0 Å². The van der Waals surface area contributed by atoms with E-state index in [4.69, 9.17) is 11.6 Å². The number of hydrogen-bond donors (Lipinski definition) is 1. The number of rotatable bonds is 6. The van der Waals surface area contributed by atoms with E-state index in [2.05, 4.69) is 16.6 Å². The number of benzene rings is 1. The molecule has 0 radical (unpaired) electrons. The molecule has 1 rings (SSSR count). The van der Waals surface area contributed by atoms with Gasteiger partial charge >= 0.3 is 5.97 Å². The molecule has 1 amide bonds. The average molecular weight is 282 g/mol.